The second-order valence-electron chi connectivity index (χ2n) is 7.15. The van der Waals surface area contributed by atoms with E-state index in [2.05, 4.69) is 10.4 Å². The van der Waals surface area contributed by atoms with Gasteiger partial charge in [0.15, 0.2) is 12.3 Å². The minimum absolute atomic E-state index is 0.0958. The lowest BCUT2D eigenvalue weighted by atomic mass is 10.0. The Kier molecular flexibility index (Phi) is 7.02. The molecule has 0 aliphatic heterocycles. The molecule has 0 saturated heterocycles. The van der Waals surface area contributed by atoms with Crippen LogP contribution in [0.15, 0.2) is 60.8 Å². The van der Waals surface area contributed by atoms with Crippen LogP contribution in [0, 0.1) is 5.82 Å². The standard InChI is InChI=1S/C23H25FN4O3/c1-4-18(16-9-5-8-12-21(16)31-15-22(29)27(2)3)25-23(30)19-13-14-28(26-19)20-11-7-6-10-17(20)24/h5-14,18H,4,15H2,1-3H3,(H,25,30). The summed E-state index contributed by atoms with van der Waals surface area (Å²) in [5.74, 6) is -0.448. The van der Waals surface area contributed by atoms with Crippen LogP contribution in [-0.4, -0.2) is 47.2 Å². The number of carbonyl (C=O) groups is 2. The number of aromatic nitrogens is 2. The normalized spacial score (nSPS) is 11.6. The lowest BCUT2D eigenvalue weighted by molar-refractivity contribution is -0.130. The number of likely N-dealkylation sites (N-methyl/N-ethyl adjacent to an activating group) is 1. The molecule has 8 heteroatoms. The largest absolute Gasteiger partial charge is 0.483 e. The minimum Gasteiger partial charge on any atom is -0.483 e. The van der Waals surface area contributed by atoms with Crippen LogP contribution in [0.2, 0.25) is 0 Å². The van der Waals surface area contributed by atoms with E-state index in [9.17, 15) is 14.0 Å². The van der Waals surface area contributed by atoms with Crippen molar-refractivity contribution in [2.45, 2.75) is 19.4 Å². The smallest absolute Gasteiger partial charge is 0.272 e. The summed E-state index contributed by atoms with van der Waals surface area (Å²) in [6, 6.07) is 14.7. The number of rotatable bonds is 8. The lowest BCUT2D eigenvalue weighted by Gasteiger charge is -2.20. The van der Waals surface area contributed by atoms with Crippen LogP contribution in [-0.2, 0) is 4.79 Å². The van der Waals surface area contributed by atoms with Crippen LogP contribution in [0.3, 0.4) is 0 Å². The molecule has 3 rings (SSSR count). The number of nitrogens with one attached hydrogen (secondary N) is 1. The Hall–Kier alpha value is -3.68. The highest BCUT2D eigenvalue weighted by Gasteiger charge is 2.20. The van der Waals surface area contributed by atoms with Gasteiger partial charge in [-0.1, -0.05) is 37.3 Å². The lowest BCUT2D eigenvalue weighted by Crippen LogP contribution is -2.30. The Balaban J connectivity index is 1.75. The van der Waals surface area contributed by atoms with E-state index in [-0.39, 0.29) is 35.8 Å². The van der Waals surface area contributed by atoms with Gasteiger partial charge < -0.3 is 15.0 Å². The van der Waals surface area contributed by atoms with Gasteiger partial charge in [-0.05, 0) is 30.7 Å². The number of hydrogen-bond donors (Lipinski definition) is 1. The summed E-state index contributed by atoms with van der Waals surface area (Å²) < 4.78 is 21.0. The molecule has 31 heavy (non-hydrogen) atoms. The Labute approximate surface area is 180 Å². The van der Waals surface area contributed by atoms with Crippen molar-refractivity contribution in [2.24, 2.45) is 0 Å². The third kappa shape index (κ3) is 5.28. The van der Waals surface area contributed by atoms with Gasteiger partial charge in [-0.2, -0.15) is 5.10 Å². The van der Waals surface area contributed by atoms with Gasteiger partial charge in [0.2, 0.25) is 0 Å². The minimum atomic E-state index is -0.428. The zero-order valence-electron chi connectivity index (χ0n) is 17.7. The van der Waals surface area contributed by atoms with Crippen LogP contribution in [0.5, 0.6) is 5.75 Å². The van der Waals surface area contributed by atoms with Gasteiger partial charge in [0.25, 0.3) is 11.8 Å². The molecule has 2 aromatic carbocycles. The number of hydrogen-bond acceptors (Lipinski definition) is 4. The number of nitrogens with zero attached hydrogens (tertiary/aromatic N) is 3. The maximum atomic E-state index is 14.0. The molecule has 0 spiro atoms. The molecule has 1 unspecified atom stereocenters. The summed E-state index contributed by atoms with van der Waals surface area (Å²) in [4.78, 5) is 26.1. The van der Waals surface area contributed by atoms with Gasteiger partial charge in [-0.25, -0.2) is 9.07 Å². The van der Waals surface area contributed by atoms with E-state index < -0.39 is 5.82 Å². The molecule has 1 heterocycles. The third-order valence-corrected chi connectivity index (χ3v) is 4.78. The summed E-state index contributed by atoms with van der Waals surface area (Å²) in [7, 11) is 3.32. The van der Waals surface area contributed by atoms with Gasteiger partial charge >= 0.3 is 0 Å². The van der Waals surface area contributed by atoms with Gasteiger partial charge in [-0.15, -0.1) is 0 Å². The van der Waals surface area contributed by atoms with Gasteiger partial charge in [0.05, 0.1) is 6.04 Å². The van der Waals surface area contributed by atoms with Crippen molar-refractivity contribution >= 4 is 11.8 Å². The molecule has 7 nitrogen and oxygen atoms in total. The predicted molar refractivity (Wildman–Crippen MR) is 115 cm³/mol. The first kappa shape index (κ1) is 22.0. The molecular weight excluding hydrogens is 399 g/mol. The summed E-state index contributed by atoms with van der Waals surface area (Å²) in [6.07, 6.45) is 2.14. The molecule has 1 N–H and O–H groups in total. The fraction of sp³-hybridized carbons (Fsp3) is 0.261. The zero-order valence-corrected chi connectivity index (χ0v) is 17.7. The molecule has 0 aliphatic rings. The molecule has 3 aromatic rings. The molecule has 0 saturated carbocycles. The van der Waals surface area contributed by atoms with Gasteiger partial charge in [0, 0.05) is 25.9 Å². The van der Waals surface area contributed by atoms with Crippen molar-refractivity contribution in [1.29, 1.82) is 0 Å². The van der Waals surface area contributed by atoms with Crippen molar-refractivity contribution in [3.63, 3.8) is 0 Å². The topological polar surface area (TPSA) is 76.5 Å². The third-order valence-electron chi connectivity index (χ3n) is 4.78. The highest BCUT2D eigenvalue weighted by molar-refractivity contribution is 5.92. The first-order chi connectivity index (χ1) is 14.9. The molecule has 2 amide bonds. The molecule has 1 atom stereocenters. The summed E-state index contributed by atoms with van der Waals surface area (Å²) >= 11 is 0. The highest BCUT2D eigenvalue weighted by Crippen LogP contribution is 2.27. The molecule has 0 bridgehead atoms. The summed E-state index contributed by atoms with van der Waals surface area (Å²) in [5, 5.41) is 7.15. The zero-order chi connectivity index (χ0) is 22.4. The van der Waals surface area contributed by atoms with E-state index in [0.29, 0.717) is 12.2 Å². The molecule has 1 aromatic heterocycles. The van der Waals surface area contributed by atoms with E-state index in [1.54, 1.807) is 38.4 Å². The first-order valence-electron chi connectivity index (χ1n) is 9.94. The van der Waals surface area contributed by atoms with Crippen molar-refractivity contribution in [1.82, 2.24) is 20.0 Å². The maximum absolute atomic E-state index is 14.0. The van der Waals surface area contributed by atoms with Crippen LogP contribution in [0.1, 0.15) is 35.4 Å². The number of para-hydroxylation sites is 2. The van der Waals surface area contributed by atoms with Crippen molar-refractivity contribution in [3.05, 3.63) is 77.9 Å². The molecule has 0 radical (unpaired) electrons. The van der Waals surface area contributed by atoms with E-state index in [0.717, 1.165) is 5.56 Å². The summed E-state index contributed by atoms with van der Waals surface area (Å²) in [5.41, 5.74) is 1.19. The molecule has 0 fully saturated rings. The second kappa shape index (κ2) is 9.88. The van der Waals surface area contributed by atoms with Crippen LogP contribution < -0.4 is 10.1 Å². The fourth-order valence-corrected chi connectivity index (χ4v) is 3.02. The number of ether oxygens (including phenoxy) is 1. The van der Waals surface area contributed by atoms with Gasteiger partial charge in [0.1, 0.15) is 17.3 Å². The SMILES string of the molecule is CCC(NC(=O)c1ccn(-c2ccccc2F)n1)c1ccccc1OCC(=O)N(C)C. The first-order valence-corrected chi connectivity index (χ1v) is 9.94. The predicted octanol–water partition coefficient (Wildman–Crippen LogP) is 3.36. The number of halogens is 1. The number of carbonyl (C=O) groups excluding carboxylic acids is 2. The van der Waals surface area contributed by atoms with Crippen LogP contribution in [0.4, 0.5) is 4.39 Å². The quantitative estimate of drug-likeness (QED) is 0.602. The molecule has 0 aliphatic carbocycles. The monoisotopic (exact) mass is 424 g/mol. The molecule has 162 valence electrons. The maximum Gasteiger partial charge on any atom is 0.272 e. The molecular formula is C23H25FN4O3. The van der Waals surface area contributed by atoms with E-state index in [1.165, 1.54) is 27.9 Å². The number of benzene rings is 2. The highest BCUT2D eigenvalue weighted by atomic mass is 19.1. The fourth-order valence-electron chi connectivity index (χ4n) is 3.02. The number of amides is 2. The van der Waals surface area contributed by atoms with E-state index in [4.69, 9.17) is 4.74 Å². The van der Waals surface area contributed by atoms with Crippen LogP contribution in [0.25, 0.3) is 5.69 Å². The average molecular weight is 424 g/mol. The van der Waals surface area contributed by atoms with Crippen molar-refractivity contribution in [3.8, 4) is 11.4 Å². The average Bonchev–Trinajstić information content (AvgIpc) is 3.26. The summed E-state index contributed by atoms with van der Waals surface area (Å²) in [6.45, 7) is 1.84. The van der Waals surface area contributed by atoms with E-state index >= 15 is 0 Å². The van der Waals surface area contributed by atoms with E-state index in [1.807, 2.05) is 25.1 Å². The van der Waals surface area contributed by atoms with Gasteiger partial charge in [-0.3, -0.25) is 9.59 Å². The second-order valence-corrected chi connectivity index (χ2v) is 7.15. The van der Waals surface area contributed by atoms with Crippen LogP contribution >= 0.6 is 0 Å². The Morgan fingerprint density at radius 1 is 1.13 bits per heavy atom. The van der Waals surface area contributed by atoms with Crippen molar-refractivity contribution in [2.75, 3.05) is 20.7 Å². The Morgan fingerprint density at radius 2 is 1.84 bits per heavy atom. The Bertz CT molecular complexity index is 1060. The van der Waals surface area contributed by atoms with Crippen molar-refractivity contribution < 1.29 is 18.7 Å². The Morgan fingerprint density at radius 3 is 2.55 bits per heavy atom.